The molecule has 188 valence electrons. The van der Waals surface area contributed by atoms with Gasteiger partial charge in [0, 0.05) is 50.3 Å². The monoisotopic (exact) mass is 469 g/mol. The normalized spacial score (nSPS) is 11.8. The summed E-state index contributed by atoms with van der Waals surface area (Å²) in [5, 5.41) is 11.1. The average Bonchev–Trinajstić information content (AvgIpc) is 2.87. The number of aromatic nitrogens is 1. The van der Waals surface area contributed by atoms with Crippen LogP contribution in [-0.2, 0) is 0 Å². The third-order valence-corrected chi connectivity index (χ3v) is 3.85. The first-order valence-corrected chi connectivity index (χ1v) is 11.4. The lowest BCUT2D eigenvalue weighted by atomic mass is 10.2. The Morgan fingerprint density at radius 1 is 0.882 bits per heavy atom. The van der Waals surface area contributed by atoms with E-state index < -0.39 is 0 Å². The summed E-state index contributed by atoms with van der Waals surface area (Å²) in [6, 6.07) is 25.8. The van der Waals surface area contributed by atoms with Crippen LogP contribution in [0.2, 0.25) is 0 Å². The molecule has 8 nitrogen and oxygen atoms in total. The van der Waals surface area contributed by atoms with Crippen LogP contribution in [0.15, 0.2) is 85.1 Å². The first kappa shape index (κ1) is 30.8. The molecule has 2 heterocycles. The van der Waals surface area contributed by atoms with Crippen molar-refractivity contribution in [3.63, 3.8) is 0 Å². The van der Waals surface area contributed by atoms with E-state index in [1.807, 2.05) is 56.3 Å². The molecule has 0 spiro atoms. The Morgan fingerprint density at radius 2 is 1.35 bits per heavy atom. The quantitative estimate of drug-likeness (QED) is 0.313. The first-order valence-electron chi connectivity index (χ1n) is 11.4. The fourth-order valence-corrected chi connectivity index (χ4v) is 2.39. The van der Waals surface area contributed by atoms with E-state index in [0.29, 0.717) is 18.4 Å². The molecule has 0 amide bonds. The van der Waals surface area contributed by atoms with Gasteiger partial charge in [0.2, 0.25) is 0 Å². The molecule has 34 heavy (non-hydrogen) atoms. The maximum Gasteiger partial charge on any atom is 0.123 e. The van der Waals surface area contributed by atoms with Gasteiger partial charge < -0.3 is 38.3 Å². The molecule has 8 heteroatoms. The van der Waals surface area contributed by atoms with Crippen LogP contribution in [0.5, 0.6) is 0 Å². The van der Waals surface area contributed by atoms with E-state index in [-0.39, 0.29) is 6.61 Å². The summed E-state index contributed by atoms with van der Waals surface area (Å²) in [6.45, 7) is 8.83. The molecule has 2 aromatic carbocycles. The summed E-state index contributed by atoms with van der Waals surface area (Å²) in [5.41, 5.74) is 22.7. The number of aliphatic hydroxyl groups excluding tert-OH is 1. The summed E-state index contributed by atoms with van der Waals surface area (Å²) in [6.07, 6.45) is 1.66. The molecule has 1 aliphatic rings. The second-order valence-electron chi connectivity index (χ2n) is 7.49. The molecule has 4 rings (SSSR count). The van der Waals surface area contributed by atoms with E-state index in [9.17, 15) is 0 Å². The van der Waals surface area contributed by atoms with Gasteiger partial charge in [0.05, 0.1) is 6.61 Å². The molecule has 1 aliphatic heterocycles. The molecule has 0 radical (unpaired) electrons. The van der Waals surface area contributed by atoms with Gasteiger partial charge in [0.15, 0.2) is 0 Å². The highest BCUT2D eigenvalue weighted by molar-refractivity contribution is 5.46. The van der Waals surface area contributed by atoms with Crippen molar-refractivity contribution in [3.8, 4) is 0 Å². The van der Waals surface area contributed by atoms with Crippen molar-refractivity contribution in [2.75, 3.05) is 55.7 Å². The number of piperazine rings is 1. The van der Waals surface area contributed by atoms with Crippen LogP contribution in [0, 0.1) is 0 Å². The van der Waals surface area contributed by atoms with Gasteiger partial charge in [-0.05, 0) is 42.4 Å². The van der Waals surface area contributed by atoms with E-state index >= 15 is 0 Å². The number of nitrogens with two attached hydrogens (primary N) is 4. The minimum Gasteiger partial charge on any atom is -0.399 e. The van der Waals surface area contributed by atoms with E-state index in [1.165, 1.54) is 5.69 Å². The van der Waals surface area contributed by atoms with Gasteiger partial charge in [-0.3, -0.25) is 0 Å². The Hall–Kier alpha value is -3.17. The Balaban J connectivity index is 0.000000432. The summed E-state index contributed by atoms with van der Waals surface area (Å²) in [7, 11) is 0. The SMILES string of the molecule is CC(C)N.NCCO.Nc1ccccc1.Nc1ccccn1.c1ccc(N2CCNCC2)cc1. The number of para-hydroxylation sites is 2. The lowest BCUT2D eigenvalue weighted by Crippen LogP contribution is -2.43. The van der Waals surface area contributed by atoms with Gasteiger partial charge >= 0.3 is 0 Å². The third kappa shape index (κ3) is 19.5. The van der Waals surface area contributed by atoms with Crippen molar-refractivity contribution in [2.45, 2.75) is 19.9 Å². The van der Waals surface area contributed by atoms with Crippen LogP contribution in [0.3, 0.4) is 0 Å². The molecular formula is C26H43N7O. The molecule has 0 aliphatic carbocycles. The molecule has 1 saturated heterocycles. The van der Waals surface area contributed by atoms with Crippen LogP contribution in [0.1, 0.15) is 13.8 Å². The van der Waals surface area contributed by atoms with E-state index in [1.54, 1.807) is 12.3 Å². The van der Waals surface area contributed by atoms with Crippen molar-refractivity contribution in [1.29, 1.82) is 0 Å². The van der Waals surface area contributed by atoms with Crippen molar-refractivity contribution in [1.82, 2.24) is 10.3 Å². The van der Waals surface area contributed by atoms with Gasteiger partial charge in [0.1, 0.15) is 5.82 Å². The minimum absolute atomic E-state index is 0.0972. The molecule has 1 fully saturated rings. The molecule has 0 unspecified atom stereocenters. The second kappa shape index (κ2) is 21.7. The summed E-state index contributed by atoms with van der Waals surface area (Å²) in [4.78, 5) is 6.17. The fourth-order valence-electron chi connectivity index (χ4n) is 2.39. The van der Waals surface area contributed by atoms with Gasteiger partial charge in [0.25, 0.3) is 0 Å². The zero-order valence-electron chi connectivity index (χ0n) is 20.6. The maximum atomic E-state index is 7.75. The van der Waals surface area contributed by atoms with Crippen LogP contribution in [0.4, 0.5) is 17.2 Å². The number of hydrogen-bond donors (Lipinski definition) is 6. The van der Waals surface area contributed by atoms with Crippen LogP contribution in [-0.4, -0.2) is 55.5 Å². The zero-order chi connectivity index (χ0) is 25.4. The Bertz CT molecular complexity index is 742. The van der Waals surface area contributed by atoms with Crippen molar-refractivity contribution in [2.24, 2.45) is 11.5 Å². The molecule has 3 aromatic rings. The zero-order valence-corrected chi connectivity index (χ0v) is 20.6. The Labute approximate surface area is 205 Å². The van der Waals surface area contributed by atoms with E-state index in [4.69, 9.17) is 28.0 Å². The average molecular weight is 470 g/mol. The summed E-state index contributed by atoms with van der Waals surface area (Å²) < 4.78 is 0. The third-order valence-electron chi connectivity index (χ3n) is 3.85. The maximum absolute atomic E-state index is 7.75. The van der Waals surface area contributed by atoms with Gasteiger partial charge in [-0.2, -0.15) is 0 Å². The fraction of sp³-hybridized carbons (Fsp3) is 0.346. The van der Waals surface area contributed by atoms with Crippen molar-refractivity contribution >= 4 is 17.2 Å². The Kier molecular flexibility index (Phi) is 19.6. The molecule has 0 saturated carbocycles. The number of nitrogens with zero attached hydrogens (tertiary/aromatic N) is 2. The number of nitrogens with one attached hydrogen (secondary N) is 1. The molecule has 0 atom stereocenters. The number of benzene rings is 2. The highest BCUT2D eigenvalue weighted by Gasteiger charge is 2.08. The molecule has 10 N–H and O–H groups in total. The summed E-state index contributed by atoms with van der Waals surface area (Å²) in [5.74, 6) is 0.572. The predicted octanol–water partition coefficient (Wildman–Crippen LogP) is 2.32. The van der Waals surface area contributed by atoms with E-state index in [2.05, 4.69) is 45.5 Å². The van der Waals surface area contributed by atoms with E-state index in [0.717, 1.165) is 31.9 Å². The molecular weight excluding hydrogens is 426 g/mol. The van der Waals surface area contributed by atoms with Crippen LogP contribution < -0.4 is 33.2 Å². The van der Waals surface area contributed by atoms with Gasteiger partial charge in [-0.15, -0.1) is 0 Å². The van der Waals surface area contributed by atoms with Crippen LogP contribution >= 0.6 is 0 Å². The molecule has 1 aromatic heterocycles. The lowest BCUT2D eigenvalue weighted by Gasteiger charge is -2.29. The van der Waals surface area contributed by atoms with Crippen molar-refractivity contribution < 1.29 is 5.11 Å². The van der Waals surface area contributed by atoms with Gasteiger partial charge in [-0.25, -0.2) is 4.98 Å². The standard InChI is InChI=1S/C10H14N2.C6H7N.C5H6N2.C3H9N.C2H7NO/c1-2-4-10(5-3-1)12-8-6-11-7-9-12;7-6-4-2-1-3-5-6;6-5-3-1-2-4-7-5;1-3(2)4;3-1-2-4/h1-5,11H,6-9H2;1-5H,7H2;1-4H,(H2,6,7);3H,4H2,1-2H3;4H,1-3H2. The largest absolute Gasteiger partial charge is 0.399 e. The smallest absolute Gasteiger partial charge is 0.123 e. The van der Waals surface area contributed by atoms with Gasteiger partial charge in [-0.1, -0.05) is 56.3 Å². The highest BCUT2D eigenvalue weighted by Crippen LogP contribution is 2.12. The Morgan fingerprint density at radius 3 is 1.68 bits per heavy atom. The minimum atomic E-state index is 0.0972. The predicted molar refractivity (Wildman–Crippen MR) is 146 cm³/mol. The lowest BCUT2D eigenvalue weighted by molar-refractivity contribution is 0.306. The second-order valence-corrected chi connectivity index (χ2v) is 7.49. The summed E-state index contributed by atoms with van der Waals surface area (Å²) >= 11 is 0. The topological polar surface area (TPSA) is 152 Å². The van der Waals surface area contributed by atoms with Crippen molar-refractivity contribution in [3.05, 3.63) is 85.1 Å². The first-order chi connectivity index (χ1) is 16.4. The number of hydrogen-bond acceptors (Lipinski definition) is 8. The molecule has 0 bridgehead atoms. The number of rotatable bonds is 2. The van der Waals surface area contributed by atoms with Crippen LogP contribution in [0.25, 0.3) is 0 Å². The number of pyridine rings is 1. The highest BCUT2D eigenvalue weighted by atomic mass is 16.3. The number of aliphatic hydroxyl groups is 1. The number of nitrogen functional groups attached to an aromatic ring is 2. The number of anilines is 3.